The fourth-order valence-electron chi connectivity index (χ4n) is 5.11. The molecule has 36 heavy (non-hydrogen) atoms. The highest BCUT2D eigenvalue weighted by atomic mass is 32.1. The minimum absolute atomic E-state index is 0.214. The summed E-state index contributed by atoms with van der Waals surface area (Å²) in [4.78, 5) is 6.89. The van der Waals surface area contributed by atoms with E-state index >= 15 is 0 Å². The van der Waals surface area contributed by atoms with Gasteiger partial charge in [0, 0.05) is 16.9 Å². The zero-order valence-corrected chi connectivity index (χ0v) is 21.0. The van der Waals surface area contributed by atoms with Gasteiger partial charge in [-0.15, -0.1) is 0 Å². The van der Waals surface area contributed by atoms with Crippen molar-refractivity contribution in [1.82, 2.24) is 15.5 Å². The Kier molecular flexibility index (Phi) is 5.77. The third-order valence-corrected chi connectivity index (χ3v) is 7.26. The quantitative estimate of drug-likeness (QED) is 0.336. The van der Waals surface area contributed by atoms with Crippen LogP contribution in [0.4, 0.5) is 5.69 Å². The Balaban J connectivity index is 1.46. The lowest BCUT2D eigenvalue weighted by atomic mass is 9.94. The second kappa shape index (κ2) is 9.24. The molecule has 1 unspecified atom stereocenters. The van der Waals surface area contributed by atoms with Gasteiger partial charge >= 0.3 is 0 Å². The van der Waals surface area contributed by atoms with Gasteiger partial charge in [-0.05, 0) is 91.5 Å². The number of aromatic nitrogens is 2. The molecular formula is C29H26N4O2S. The van der Waals surface area contributed by atoms with E-state index in [0.29, 0.717) is 16.8 Å². The Hall–Kier alpha value is -3.97. The number of fused-ring (bicyclic) bond motifs is 1. The number of hydrogen-bond acceptors (Lipinski definition) is 5. The maximum atomic E-state index is 5.90. The van der Waals surface area contributed by atoms with E-state index in [1.165, 1.54) is 17.5 Å². The molecule has 0 saturated heterocycles. The maximum absolute atomic E-state index is 5.90. The third kappa shape index (κ3) is 3.95. The van der Waals surface area contributed by atoms with Gasteiger partial charge in [0.2, 0.25) is 5.82 Å². The van der Waals surface area contributed by atoms with Crippen LogP contribution >= 0.6 is 12.2 Å². The Labute approximate surface area is 215 Å². The number of hydrogen-bond donors (Lipinski definition) is 1. The van der Waals surface area contributed by atoms with Gasteiger partial charge in [-0.25, -0.2) is 0 Å². The summed E-state index contributed by atoms with van der Waals surface area (Å²) in [5.41, 5.74) is 7.68. The van der Waals surface area contributed by atoms with E-state index in [9.17, 15) is 0 Å². The number of benzene rings is 3. The predicted octanol–water partition coefficient (Wildman–Crippen LogP) is 6.10. The minimum atomic E-state index is -0.214. The largest absolute Gasteiger partial charge is 0.497 e. The predicted molar refractivity (Wildman–Crippen MR) is 145 cm³/mol. The van der Waals surface area contributed by atoms with E-state index in [-0.39, 0.29) is 6.04 Å². The molecule has 1 aliphatic carbocycles. The van der Waals surface area contributed by atoms with Crippen LogP contribution in [-0.2, 0) is 12.8 Å². The first-order chi connectivity index (χ1) is 17.6. The number of nitrogens with zero attached hydrogens (tertiary/aromatic N) is 3. The van der Waals surface area contributed by atoms with Gasteiger partial charge in [-0.3, -0.25) is 4.90 Å². The maximum Gasteiger partial charge on any atom is 0.258 e. The molecule has 0 amide bonds. The van der Waals surface area contributed by atoms with Gasteiger partial charge < -0.3 is 14.6 Å². The lowest BCUT2D eigenvalue weighted by Crippen LogP contribution is -2.46. The molecule has 0 saturated carbocycles. The Morgan fingerprint density at radius 3 is 2.56 bits per heavy atom. The van der Waals surface area contributed by atoms with E-state index < -0.39 is 0 Å². The molecule has 0 bridgehead atoms. The molecule has 1 aromatic heterocycles. The lowest BCUT2D eigenvalue weighted by molar-refractivity contribution is 0.404. The van der Waals surface area contributed by atoms with Crippen LogP contribution in [0.3, 0.4) is 0 Å². The molecule has 2 heterocycles. The van der Waals surface area contributed by atoms with Crippen LogP contribution in [-0.4, -0.2) is 22.4 Å². The van der Waals surface area contributed by atoms with Crippen molar-refractivity contribution >= 4 is 28.6 Å². The van der Waals surface area contributed by atoms with Crippen molar-refractivity contribution in [3.63, 3.8) is 0 Å². The standard InChI is InChI=1S/C29H26N4O2S/c1-18-25(28-31-27(32-35-28)21-12-15-24(34-2)16-13-21)26(20-7-4-3-5-8-20)30-29(36)33(18)23-14-11-19-9-6-10-22(19)17-23/h3-5,7-8,11-17,26H,6,9-10H2,1-2H3,(H,30,36). The molecule has 0 spiro atoms. The van der Waals surface area contributed by atoms with Crippen molar-refractivity contribution in [3.05, 3.63) is 101 Å². The molecule has 0 fully saturated rings. The summed E-state index contributed by atoms with van der Waals surface area (Å²) >= 11 is 5.90. The van der Waals surface area contributed by atoms with Crippen LogP contribution in [0.2, 0.25) is 0 Å². The van der Waals surface area contributed by atoms with Crippen LogP contribution in [0, 0.1) is 0 Å². The van der Waals surface area contributed by atoms with Gasteiger partial charge in [-0.1, -0.05) is 41.6 Å². The monoisotopic (exact) mass is 494 g/mol. The summed E-state index contributed by atoms with van der Waals surface area (Å²) in [6, 6.07) is 24.3. The smallest absolute Gasteiger partial charge is 0.258 e. The van der Waals surface area contributed by atoms with Gasteiger partial charge in [-0.2, -0.15) is 4.98 Å². The van der Waals surface area contributed by atoms with Crippen molar-refractivity contribution in [1.29, 1.82) is 0 Å². The van der Waals surface area contributed by atoms with E-state index in [0.717, 1.165) is 46.7 Å². The molecule has 180 valence electrons. The summed E-state index contributed by atoms with van der Waals surface area (Å²) in [6.45, 7) is 2.07. The zero-order valence-electron chi connectivity index (χ0n) is 20.2. The molecule has 3 aromatic carbocycles. The normalized spacial score (nSPS) is 17.2. The molecule has 1 N–H and O–H groups in total. The number of ether oxygens (including phenoxy) is 1. The average molecular weight is 495 g/mol. The first-order valence-corrected chi connectivity index (χ1v) is 12.5. The first-order valence-electron chi connectivity index (χ1n) is 12.1. The second-order valence-electron chi connectivity index (χ2n) is 9.09. The number of nitrogens with one attached hydrogen (secondary N) is 1. The molecule has 6 nitrogen and oxygen atoms in total. The Bertz CT molecular complexity index is 1460. The molecule has 7 heteroatoms. The van der Waals surface area contributed by atoms with Crippen molar-refractivity contribution < 1.29 is 9.26 Å². The molecule has 1 aliphatic heterocycles. The highest BCUT2D eigenvalue weighted by Crippen LogP contribution is 2.40. The van der Waals surface area contributed by atoms with Gasteiger partial charge in [0.15, 0.2) is 5.11 Å². The van der Waals surface area contributed by atoms with E-state index in [1.807, 2.05) is 42.5 Å². The number of allylic oxidation sites excluding steroid dienone is 1. The third-order valence-electron chi connectivity index (χ3n) is 6.96. The van der Waals surface area contributed by atoms with Crippen LogP contribution in [0.5, 0.6) is 5.75 Å². The van der Waals surface area contributed by atoms with Crippen LogP contribution in [0.25, 0.3) is 17.0 Å². The Morgan fingerprint density at radius 2 is 1.78 bits per heavy atom. The Morgan fingerprint density at radius 1 is 1.00 bits per heavy atom. The SMILES string of the molecule is COc1ccc(-c2noc(C3=C(C)N(c4ccc5c(c4)CCC5)C(=S)NC3c3ccccc3)n2)cc1. The first kappa shape index (κ1) is 22.5. The number of anilines is 1. The zero-order chi connectivity index (χ0) is 24.6. The van der Waals surface area contributed by atoms with E-state index in [1.54, 1.807) is 7.11 Å². The number of rotatable bonds is 5. The highest BCUT2D eigenvalue weighted by Gasteiger charge is 2.35. The van der Waals surface area contributed by atoms with Crippen molar-refractivity contribution in [2.45, 2.75) is 32.2 Å². The lowest BCUT2D eigenvalue weighted by Gasteiger charge is -2.37. The fourth-order valence-corrected chi connectivity index (χ4v) is 5.47. The summed E-state index contributed by atoms with van der Waals surface area (Å²) < 4.78 is 11.1. The molecule has 6 rings (SSSR count). The summed E-state index contributed by atoms with van der Waals surface area (Å²) in [5, 5.41) is 8.50. The van der Waals surface area contributed by atoms with Gasteiger partial charge in [0.25, 0.3) is 5.89 Å². The van der Waals surface area contributed by atoms with Crippen molar-refractivity contribution in [2.75, 3.05) is 12.0 Å². The van der Waals surface area contributed by atoms with Crippen molar-refractivity contribution in [2.24, 2.45) is 0 Å². The topological polar surface area (TPSA) is 63.4 Å². The molecule has 4 aromatic rings. The van der Waals surface area contributed by atoms with Crippen LogP contribution < -0.4 is 15.0 Å². The van der Waals surface area contributed by atoms with E-state index in [2.05, 4.69) is 52.6 Å². The minimum Gasteiger partial charge on any atom is -0.497 e. The fraction of sp³-hybridized carbons (Fsp3) is 0.207. The van der Waals surface area contributed by atoms with Crippen LogP contribution in [0.1, 0.15) is 42.0 Å². The average Bonchev–Trinajstić information content (AvgIpc) is 3.59. The molecular weight excluding hydrogens is 468 g/mol. The molecule has 2 aliphatic rings. The number of aryl methyl sites for hydroxylation is 2. The van der Waals surface area contributed by atoms with Gasteiger partial charge in [0.05, 0.1) is 18.7 Å². The van der Waals surface area contributed by atoms with Gasteiger partial charge in [0.1, 0.15) is 5.75 Å². The van der Waals surface area contributed by atoms with E-state index in [4.69, 9.17) is 26.5 Å². The molecule has 0 radical (unpaired) electrons. The van der Waals surface area contributed by atoms with Crippen molar-refractivity contribution in [3.8, 4) is 17.1 Å². The summed E-state index contributed by atoms with van der Waals surface area (Å²) in [6.07, 6.45) is 3.45. The molecule has 1 atom stereocenters. The van der Waals surface area contributed by atoms with Crippen LogP contribution in [0.15, 0.2) is 83.0 Å². The summed E-state index contributed by atoms with van der Waals surface area (Å²) in [5.74, 6) is 1.77. The second-order valence-corrected chi connectivity index (χ2v) is 9.47. The number of methoxy groups -OCH3 is 1. The highest BCUT2D eigenvalue weighted by molar-refractivity contribution is 7.80. The number of thiocarbonyl (C=S) groups is 1. The summed E-state index contributed by atoms with van der Waals surface area (Å²) in [7, 11) is 1.65.